The minimum absolute atomic E-state index is 0.522. The Bertz CT molecular complexity index is 473. The van der Waals surface area contributed by atoms with Crippen molar-refractivity contribution in [1.82, 2.24) is 4.90 Å². The molecule has 0 amide bonds. The van der Waals surface area contributed by atoms with Crippen LogP contribution in [-0.2, 0) is 19.6 Å². The predicted octanol–water partition coefficient (Wildman–Crippen LogP) is 2.27. The van der Waals surface area contributed by atoms with E-state index in [0.717, 1.165) is 30.2 Å². The summed E-state index contributed by atoms with van der Waals surface area (Å²) in [6.45, 7) is 4.11. The molecule has 0 aliphatic rings. The molecular weight excluding hydrogens is 216 g/mol. The highest BCUT2D eigenvalue weighted by atomic mass is 16.3. The lowest BCUT2D eigenvalue weighted by Gasteiger charge is -2.14. The summed E-state index contributed by atoms with van der Waals surface area (Å²) in [6, 6.07) is 4.00. The van der Waals surface area contributed by atoms with E-state index in [4.69, 9.17) is 14.6 Å². The molecule has 0 spiro atoms. The number of hydrogen-bond acceptors (Lipinski definition) is 4. The van der Waals surface area contributed by atoms with Crippen LogP contribution >= 0.6 is 0 Å². The van der Waals surface area contributed by atoms with Gasteiger partial charge in [-0.2, -0.15) is 0 Å². The highest BCUT2D eigenvalue weighted by Crippen LogP contribution is 2.14. The number of nitrogens with zero attached hydrogens (tertiary/aromatic N) is 1. The maximum absolute atomic E-state index is 5.54. The molecule has 92 valence electrons. The second-order valence-electron chi connectivity index (χ2n) is 4.30. The van der Waals surface area contributed by atoms with Crippen molar-refractivity contribution in [2.24, 2.45) is 5.73 Å². The Morgan fingerprint density at radius 3 is 2.71 bits per heavy atom. The molecule has 0 atom stereocenters. The van der Waals surface area contributed by atoms with Crippen molar-refractivity contribution < 1.29 is 8.83 Å². The van der Waals surface area contributed by atoms with Crippen LogP contribution in [0.3, 0.4) is 0 Å². The van der Waals surface area contributed by atoms with Crippen LogP contribution in [-0.4, -0.2) is 11.9 Å². The fraction of sp³-hybridized carbons (Fsp3) is 0.385. The maximum atomic E-state index is 5.54. The Morgan fingerprint density at radius 2 is 2.12 bits per heavy atom. The molecule has 2 aromatic rings. The number of aryl methyl sites for hydroxylation is 1. The zero-order valence-corrected chi connectivity index (χ0v) is 10.3. The first-order valence-corrected chi connectivity index (χ1v) is 5.67. The number of nitrogens with two attached hydrogens (primary N) is 1. The second kappa shape index (κ2) is 5.21. The van der Waals surface area contributed by atoms with Gasteiger partial charge in [0, 0.05) is 24.2 Å². The van der Waals surface area contributed by atoms with Gasteiger partial charge in [-0.25, -0.2) is 0 Å². The lowest BCUT2D eigenvalue weighted by atomic mass is 10.2. The molecular formula is C13H18N2O2. The molecule has 4 heteroatoms. The van der Waals surface area contributed by atoms with Crippen molar-refractivity contribution in [3.63, 3.8) is 0 Å². The van der Waals surface area contributed by atoms with Crippen molar-refractivity contribution in [3.8, 4) is 0 Å². The Balaban J connectivity index is 1.93. The van der Waals surface area contributed by atoms with Crippen molar-refractivity contribution in [2.75, 3.05) is 7.05 Å². The van der Waals surface area contributed by atoms with Crippen molar-refractivity contribution in [1.29, 1.82) is 0 Å². The minimum Gasteiger partial charge on any atom is -0.469 e. The van der Waals surface area contributed by atoms with Crippen molar-refractivity contribution in [2.45, 2.75) is 26.6 Å². The van der Waals surface area contributed by atoms with E-state index in [2.05, 4.69) is 11.9 Å². The Labute approximate surface area is 101 Å². The van der Waals surface area contributed by atoms with Gasteiger partial charge in [-0.15, -0.1) is 0 Å². The minimum atomic E-state index is 0.522. The van der Waals surface area contributed by atoms with E-state index < -0.39 is 0 Å². The predicted molar refractivity (Wildman–Crippen MR) is 65.2 cm³/mol. The zero-order valence-electron chi connectivity index (χ0n) is 10.3. The summed E-state index contributed by atoms with van der Waals surface area (Å²) >= 11 is 0. The van der Waals surface area contributed by atoms with Crippen LogP contribution < -0.4 is 5.73 Å². The molecule has 2 aromatic heterocycles. The molecule has 2 heterocycles. The standard InChI is InChI=1S/C13H18N2O2/c1-10-12(3-4-16-10)7-15(2)8-13-5-11(6-14)9-17-13/h3-5,9H,6-8,14H2,1-2H3. The van der Waals surface area contributed by atoms with Gasteiger partial charge >= 0.3 is 0 Å². The fourth-order valence-corrected chi connectivity index (χ4v) is 1.80. The summed E-state index contributed by atoms with van der Waals surface area (Å²) in [4.78, 5) is 2.18. The van der Waals surface area contributed by atoms with E-state index >= 15 is 0 Å². The highest BCUT2D eigenvalue weighted by Gasteiger charge is 2.08. The average molecular weight is 234 g/mol. The van der Waals surface area contributed by atoms with Gasteiger partial charge in [-0.3, -0.25) is 4.90 Å². The summed E-state index contributed by atoms with van der Waals surface area (Å²) in [6.07, 6.45) is 3.43. The summed E-state index contributed by atoms with van der Waals surface area (Å²) in [7, 11) is 2.05. The molecule has 0 saturated carbocycles. The largest absolute Gasteiger partial charge is 0.469 e. The second-order valence-corrected chi connectivity index (χ2v) is 4.30. The van der Waals surface area contributed by atoms with E-state index in [1.54, 1.807) is 12.5 Å². The first kappa shape index (κ1) is 12.0. The fourth-order valence-electron chi connectivity index (χ4n) is 1.80. The molecule has 0 bridgehead atoms. The summed E-state index contributed by atoms with van der Waals surface area (Å²) in [5, 5.41) is 0. The molecule has 2 rings (SSSR count). The molecule has 2 N–H and O–H groups in total. The van der Waals surface area contributed by atoms with E-state index in [-0.39, 0.29) is 0 Å². The Morgan fingerprint density at radius 1 is 1.29 bits per heavy atom. The van der Waals surface area contributed by atoms with E-state index in [9.17, 15) is 0 Å². The number of hydrogen-bond donors (Lipinski definition) is 1. The van der Waals surface area contributed by atoms with Gasteiger partial charge in [-0.1, -0.05) is 0 Å². The molecule has 17 heavy (non-hydrogen) atoms. The quantitative estimate of drug-likeness (QED) is 0.862. The first-order valence-electron chi connectivity index (χ1n) is 5.67. The third kappa shape index (κ3) is 2.99. The molecule has 0 aliphatic heterocycles. The zero-order chi connectivity index (χ0) is 12.3. The molecule has 0 fully saturated rings. The summed E-state index contributed by atoms with van der Waals surface area (Å²) in [5.41, 5.74) is 7.78. The van der Waals surface area contributed by atoms with Crippen LogP contribution in [0.2, 0.25) is 0 Å². The van der Waals surface area contributed by atoms with Gasteiger partial charge in [0.2, 0.25) is 0 Å². The molecule has 0 saturated heterocycles. The smallest absolute Gasteiger partial charge is 0.118 e. The van der Waals surface area contributed by atoms with E-state index in [1.165, 1.54) is 5.56 Å². The Hall–Kier alpha value is -1.52. The van der Waals surface area contributed by atoms with Gasteiger partial charge in [-0.05, 0) is 26.1 Å². The number of furan rings is 2. The highest BCUT2D eigenvalue weighted by molar-refractivity contribution is 5.16. The van der Waals surface area contributed by atoms with Crippen LogP contribution in [0, 0.1) is 6.92 Å². The van der Waals surface area contributed by atoms with Gasteiger partial charge < -0.3 is 14.6 Å². The van der Waals surface area contributed by atoms with Gasteiger partial charge in [0.05, 0.1) is 19.1 Å². The normalized spacial score (nSPS) is 11.3. The lowest BCUT2D eigenvalue weighted by Crippen LogP contribution is -2.16. The molecule has 0 radical (unpaired) electrons. The third-order valence-corrected chi connectivity index (χ3v) is 2.78. The molecule has 4 nitrogen and oxygen atoms in total. The van der Waals surface area contributed by atoms with E-state index in [0.29, 0.717) is 6.54 Å². The first-order chi connectivity index (χ1) is 8.19. The topological polar surface area (TPSA) is 55.5 Å². The lowest BCUT2D eigenvalue weighted by molar-refractivity contribution is 0.286. The van der Waals surface area contributed by atoms with Crippen LogP contribution in [0.1, 0.15) is 22.6 Å². The van der Waals surface area contributed by atoms with Crippen molar-refractivity contribution >= 4 is 0 Å². The van der Waals surface area contributed by atoms with Crippen LogP contribution in [0.25, 0.3) is 0 Å². The maximum Gasteiger partial charge on any atom is 0.118 e. The third-order valence-electron chi connectivity index (χ3n) is 2.78. The summed E-state index contributed by atoms with van der Waals surface area (Å²) in [5.74, 6) is 1.91. The Kier molecular flexibility index (Phi) is 3.66. The average Bonchev–Trinajstić information content (AvgIpc) is 2.89. The van der Waals surface area contributed by atoms with E-state index in [1.807, 2.05) is 19.1 Å². The van der Waals surface area contributed by atoms with Crippen LogP contribution in [0.15, 0.2) is 33.5 Å². The van der Waals surface area contributed by atoms with Gasteiger partial charge in [0.25, 0.3) is 0 Å². The van der Waals surface area contributed by atoms with Crippen molar-refractivity contribution in [3.05, 3.63) is 47.3 Å². The molecule has 0 unspecified atom stereocenters. The van der Waals surface area contributed by atoms with Gasteiger partial charge in [0.15, 0.2) is 0 Å². The van der Waals surface area contributed by atoms with Crippen LogP contribution in [0.4, 0.5) is 0 Å². The molecule has 0 aliphatic carbocycles. The SMILES string of the molecule is Cc1occc1CN(C)Cc1cc(CN)co1. The van der Waals surface area contributed by atoms with Gasteiger partial charge in [0.1, 0.15) is 11.5 Å². The monoisotopic (exact) mass is 234 g/mol. The summed E-state index contributed by atoms with van der Waals surface area (Å²) < 4.78 is 10.7. The van der Waals surface area contributed by atoms with Crippen LogP contribution in [0.5, 0.6) is 0 Å². The molecule has 0 aromatic carbocycles. The number of rotatable bonds is 5.